The maximum atomic E-state index is 5.58. The first-order chi connectivity index (χ1) is 12.2. The lowest BCUT2D eigenvalue weighted by Gasteiger charge is -2.36. The fraction of sp³-hybridized carbons (Fsp3) is 0.944. The Morgan fingerprint density at radius 2 is 1.80 bits per heavy atom. The van der Waals surface area contributed by atoms with E-state index in [-0.39, 0.29) is 0 Å². The van der Waals surface area contributed by atoms with Crippen LogP contribution in [0.5, 0.6) is 0 Å². The van der Waals surface area contributed by atoms with Gasteiger partial charge in [-0.3, -0.25) is 9.89 Å². The van der Waals surface area contributed by atoms with Crippen molar-refractivity contribution in [3.05, 3.63) is 0 Å². The second-order valence-electron chi connectivity index (χ2n) is 6.62. The average molecular weight is 358 g/mol. The van der Waals surface area contributed by atoms with Crippen LogP contribution in [0.1, 0.15) is 26.7 Å². The number of likely N-dealkylation sites (N-methyl/N-ethyl adjacent to an activating group) is 2. The van der Waals surface area contributed by atoms with Crippen LogP contribution < -0.4 is 10.6 Å². The van der Waals surface area contributed by atoms with Crippen molar-refractivity contribution in [3.63, 3.8) is 0 Å². The number of hydrogen-bond donors (Lipinski definition) is 2. The Morgan fingerprint density at radius 1 is 1.04 bits per heavy atom. The van der Waals surface area contributed by atoms with E-state index < -0.39 is 0 Å². The molecule has 1 aliphatic heterocycles. The molecule has 148 valence electrons. The van der Waals surface area contributed by atoms with Crippen molar-refractivity contribution >= 4 is 5.96 Å². The highest BCUT2D eigenvalue weighted by molar-refractivity contribution is 5.79. The lowest BCUT2D eigenvalue weighted by Crippen LogP contribution is -2.51. The normalized spacial score (nSPS) is 20.0. The Hall–Kier alpha value is -0.890. The molecule has 0 saturated carbocycles. The van der Waals surface area contributed by atoms with Gasteiger partial charge in [0, 0.05) is 45.4 Å². The standard InChI is InChI=1S/C18H39N5O2/c1-5-7-11-24-13-14-25-12-8-20-18(19-6-2)21-15-17-16-22(3)9-10-23(17)4/h17H,5-16H2,1-4H3,(H2,19,20,21). The summed E-state index contributed by atoms with van der Waals surface area (Å²) in [5, 5.41) is 6.64. The van der Waals surface area contributed by atoms with Crippen LogP contribution in [0.2, 0.25) is 0 Å². The van der Waals surface area contributed by atoms with Crippen molar-refractivity contribution in [3.8, 4) is 0 Å². The molecule has 0 aromatic rings. The molecular formula is C18H39N5O2. The highest BCUT2D eigenvalue weighted by atomic mass is 16.5. The van der Waals surface area contributed by atoms with Crippen molar-refractivity contribution in [2.45, 2.75) is 32.7 Å². The first-order valence-corrected chi connectivity index (χ1v) is 9.73. The molecule has 7 heteroatoms. The summed E-state index contributed by atoms with van der Waals surface area (Å²) in [6, 6.07) is 0.478. The molecule has 0 spiro atoms. The number of aliphatic imine (C=N–C) groups is 1. The van der Waals surface area contributed by atoms with E-state index in [1.54, 1.807) is 0 Å². The summed E-state index contributed by atoms with van der Waals surface area (Å²) in [7, 11) is 4.36. The molecule has 25 heavy (non-hydrogen) atoms. The molecule has 0 aromatic heterocycles. The van der Waals surface area contributed by atoms with Crippen molar-refractivity contribution in [2.75, 3.05) is 79.8 Å². The molecule has 0 aromatic carbocycles. The third kappa shape index (κ3) is 10.6. The van der Waals surface area contributed by atoms with E-state index in [1.165, 1.54) is 6.42 Å². The lowest BCUT2D eigenvalue weighted by atomic mass is 10.2. The highest BCUT2D eigenvalue weighted by Crippen LogP contribution is 2.05. The smallest absolute Gasteiger partial charge is 0.191 e. The average Bonchev–Trinajstić information content (AvgIpc) is 2.60. The molecule has 1 rings (SSSR count). The van der Waals surface area contributed by atoms with Gasteiger partial charge in [0.2, 0.25) is 0 Å². The van der Waals surface area contributed by atoms with Crippen LogP contribution in [0.4, 0.5) is 0 Å². The van der Waals surface area contributed by atoms with Crippen LogP contribution >= 0.6 is 0 Å². The van der Waals surface area contributed by atoms with Crippen molar-refractivity contribution in [1.29, 1.82) is 0 Å². The van der Waals surface area contributed by atoms with E-state index in [0.717, 1.165) is 58.3 Å². The van der Waals surface area contributed by atoms with Gasteiger partial charge < -0.3 is 25.0 Å². The number of nitrogens with zero attached hydrogens (tertiary/aromatic N) is 3. The molecule has 1 heterocycles. The Morgan fingerprint density at radius 3 is 2.52 bits per heavy atom. The van der Waals surface area contributed by atoms with Crippen LogP contribution in [0.3, 0.4) is 0 Å². The molecule has 0 radical (unpaired) electrons. The van der Waals surface area contributed by atoms with Crippen LogP contribution in [-0.2, 0) is 9.47 Å². The van der Waals surface area contributed by atoms with Gasteiger partial charge in [-0.15, -0.1) is 0 Å². The summed E-state index contributed by atoms with van der Waals surface area (Å²) in [6.07, 6.45) is 2.29. The Balaban J connectivity index is 2.18. The van der Waals surface area contributed by atoms with Gasteiger partial charge in [0.15, 0.2) is 5.96 Å². The summed E-state index contributed by atoms with van der Waals surface area (Å²) in [4.78, 5) is 9.51. The van der Waals surface area contributed by atoms with Crippen molar-refractivity contribution < 1.29 is 9.47 Å². The fourth-order valence-electron chi connectivity index (χ4n) is 2.65. The number of ether oxygens (including phenoxy) is 2. The van der Waals surface area contributed by atoms with Gasteiger partial charge in [0.05, 0.1) is 26.4 Å². The maximum Gasteiger partial charge on any atom is 0.191 e. The SMILES string of the molecule is CCCCOCCOCCNC(=NCC1CN(C)CCN1C)NCC. The van der Waals surface area contributed by atoms with Gasteiger partial charge in [0.1, 0.15) is 0 Å². The molecule has 7 nitrogen and oxygen atoms in total. The van der Waals surface area contributed by atoms with Gasteiger partial charge in [-0.25, -0.2) is 0 Å². The summed E-state index contributed by atoms with van der Waals surface area (Å²) < 4.78 is 11.1. The molecule has 0 bridgehead atoms. The van der Waals surface area contributed by atoms with Crippen LogP contribution in [0.15, 0.2) is 4.99 Å². The summed E-state index contributed by atoms with van der Waals surface area (Å²) in [6.45, 7) is 12.8. The van der Waals surface area contributed by atoms with E-state index in [4.69, 9.17) is 14.5 Å². The minimum Gasteiger partial charge on any atom is -0.379 e. The van der Waals surface area contributed by atoms with Crippen molar-refractivity contribution in [1.82, 2.24) is 20.4 Å². The molecule has 1 atom stereocenters. The van der Waals surface area contributed by atoms with Crippen LogP contribution in [-0.4, -0.2) is 102 Å². The number of piperazine rings is 1. The highest BCUT2D eigenvalue weighted by Gasteiger charge is 2.21. The first-order valence-electron chi connectivity index (χ1n) is 9.73. The van der Waals surface area contributed by atoms with Gasteiger partial charge in [-0.2, -0.15) is 0 Å². The summed E-state index contributed by atoms with van der Waals surface area (Å²) in [5.41, 5.74) is 0. The fourth-order valence-corrected chi connectivity index (χ4v) is 2.65. The van der Waals surface area contributed by atoms with E-state index in [0.29, 0.717) is 25.9 Å². The second kappa shape index (κ2) is 14.3. The summed E-state index contributed by atoms with van der Waals surface area (Å²) in [5.74, 6) is 0.868. The van der Waals surface area contributed by atoms with E-state index in [2.05, 4.69) is 48.4 Å². The van der Waals surface area contributed by atoms with E-state index in [1.807, 2.05) is 0 Å². The predicted molar refractivity (Wildman–Crippen MR) is 104 cm³/mol. The number of hydrogen-bond acceptors (Lipinski definition) is 5. The van der Waals surface area contributed by atoms with E-state index in [9.17, 15) is 0 Å². The molecule has 1 unspecified atom stereocenters. The first kappa shape index (κ1) is 22.2. The van der Waals surface area contributed by atoms with Crippen LogP contribution in [0, 0.1) is 0 Å². The zero-order valence-electron chi connectivity index (χ0n) is 16.7. The zero-order valence-corrected chi connectivity index (χ0v) is 16.7. The molecule has 1 aliphatic rings. The van der Waals surface area contributed by atoms with Crippen molar-refractivity contribution in [2.24, 2.45) is 4.99 Å². The molecule has 0 amide bonds. The molecule has 1 saturated heterocycles. The summed E-state index contributed by atoms with van der Waals surface area (Å²) >= 11 is 0. The Kier molecular flexibility index (Phi) is 12.7. The molecule has 1 fully saturated rings. The number of rotatable bonds is 12. The molecule has 2 N–H and O–H groups in total. The molecule has 0 aliphatic carbocycles. The van der Waals surface area contributed by atoms with Gasteiger partial charge in [-0.05, 0) is 27.4 Å². The second-order valence-corrected chi connectivity index (χ2v) is 6.62. The van der Waals surface area contributed by atoms with Gasteiger partial charge in [-0.1, -0.05) is 13.3 Å². The quantitative estimate of drug-likeness (QED) is 0.303. The minimum atomic E-state index is 0.478. The van der Waals surface area contributed by atoms with Gasteiger partial charge in [0.25, 0.3) is 0 Å². The topological polar surface area (TPSA) is 61.4 Å². The van der Waals surface area contributed by atoms with Gasteiger partial charge >= 0.3 is 0 Å². The number of guanidine groups is 1. The monoisotopic (exact) mass is 357 g/mol. The third-order valence-corrected chi connectivity index (χ3v) is 4.34. The Labute approximate surface area is 154 Å². The number of unbranched alkanes of at least 4 members (excludes halogenated alkanes) is 1. The largest absolute Gasteiger partial charge is 0.379 e. The van der Waals surface area contributed by atoms with E-state index >= 15 is 0 Å². The molecular weight excluding hydrogens is 318 g/mol. The minimum absolute atomic E-state index is 0.478. The maximum absolute atomic E-state index is 5.58. The van der Waals surface area contributed by atoms with Crippen LogP contribution in [0.25, 0.3) is 0 Å². The number of nitrogens with one attached hydrogen (secondary N) is 2. The lowest BCUT2D eigenvalue weighted by molar-refractivity contribution is 0.0487. The predicted octanol–water partition coefficient (Wildman–Crippen LogP) is 0.621. The Bertz CT molecular complexity index is 354. The third-order valence-electron chi connectivity index (χ3n) is 4.34. The zero-order chi connectivity index (χ0) is 18.3.